The van der Waals surface area contributed by atoms with E-state index in [-0.39, 0.29) is 5.56 Å². The van der Waals surface area contributed by atoms with Crippen molar-refractivity contribution in [2.24, 2.45) is 5.73 Å². The van der Waals surface area contributed by atoms with Crippen LogP contribution in [0.25, 0.3) is 0 Å². The summed E-state index contributed by atoms with van der Waals surface area (Å²) in [6.45, 7) is 2.53. The highest BCUT2D eigenvalue weighted by molar-refractivity contribution is 5.07. The number of rotatable bonds is 3. The molecule has 0 aliphatic heterocycles. The number of nitrogens with zero attached hydrogens (tertiary/aromatic N) is 2. The van der Waals surface area contributed by atoms with Crippen LogP contribution in [-0.4, -0.2) is 9.78 Å². The minimum atomic E-state index is -0.142. The molecule has 0 unspecified atom stereocenters. The minimum absolute atomic E-state index is 0.142. The molecule has 0 aliphatic carbocycles. The molecule has 0 saturated carbocycles. The quantitative estimate of drug-likeness (QED) is 0.822. The maximum absolute atomic E-state index is 11.5. The Balaban J connectivity index is 2.26. The van der Waals surface area contributed by atoms with Crippen LogP contribution in [0, 0.1) is 6.92 Å². The average Bonchev–Trinajstić information content (AvgIpc) is 2.71. The van der Waals surface area contributed by atoms with E-state index in [1.807, 2.05) is 6.92 Å². The number of aryl methyl sites for hydroxylation is 1. The lowest BCUT2D eigenvalue weighted by Crippen LogP contribution is -2.22. The maximum atomic E-state index is 11.5. The van der Waals surface area contributed by atoms with Gasteiger partial charge in [0.15, 0.2) is 0 Å². The fraction of sp³-hybridized carbons (Fsp3) is 0.273. The highest BCUT2D eigenvalue weighted by atomic mass is 16.3. The Morgan fingerprint density at radius 2 is 2.06 bits per heavy atom. The molecule has 0 aliphatic rings. The molecule has 0 radical (unpaired) electrons. The molecule has 5 heteroatoms. The number of hydrogen-bond donors (Lipinski definition) is 1. The zero-order valence-electron chi connectivity index (χ0n) is 9.01. The second-order valence-electron chi connectivity index (χ2n) is 3.54. The maximum Gasteiger partial charge on any atom is 0.267 e. The number of furan rings is 1. The molecule has 0 fully saturated rings. The van der Waals surface area contributed by atoms with Crippen molar-refractivity contribution in [2.75, 3.05) is 0 Å². The van der Waals surface area contributed by atoms with E-state index < -0.39 is 0 Å². The van der Waals surface area contributed by atoms with E-state index in [2.05, 4.69) is 5.10 Å². The Labute approximate surface area is 92.5 Å². The van der Waals surface area contributed by atoms with Gasteiger partial charge in [-0.2, -0.15) is 5.10 Å². The molecule has 0 atom stereocenters. The van der Waals surface area contributed by atoms with Gasteiger partial charge in [0.1, 0.15) is 18.1 Å². The van der Waals surface area contributed by atoms with Crippen molar-refractivity contribution in [2.45, 2.75) is 20.0 Å². The van der Waals surface area contributed by atoms with Crippen LogP contribution < -0.4 is 11.3 Å². The lowest BCUT2D eigenvalue weighted by molar-refractivity contribution is 0.439. The van der Waals surface area contributed by atoms with Crippen molar-refractivity contribution in [3.05, 3.63) is 51.8 Å². The predicted octanol–water partition coefficient (Wildman–Crippen LogP) is 0.652. The van der Waals surface area contributed by atoms with Crippen molar-refractivity contribution in [3.63, 3.8) is 0 Å². The van der Waals surface area contributed by atoms with Gasteiger partial charge in [0, 0.05) is 6.07 Å². The Morgan fingerprint density at radius 3 is 2.75 bits per heavy atom. The Bertz CT molecular complexity index is 542. The summed E-state index contributed by atoms with van der Waals surface area (Å²) >= 11 is 0. The molecule has 2 rings (SSSR count). The van der Waals surface area contributed by atoms with E-state index in [1.54, 1.807) is 18.2 Å². The monoisotopic (exact) mass is 219 g/mol. The van der Waals surface area contributed by atoms with E-state index in [9.17, 15) is 4.79 Å². The molecule has 0 bridgehead atoms. The van der Waals surface area contributed by atoms with Crippen molar-refractivity contribution >= 4 is 0 Å². The lowest BCUT2D eigenvalue weighted by Gasteiger charge is -2.02. The molecule has 2 aromatic heterocycles. The molecule has 0 amide bonds. The first-order valence-electron chi connectivity index (χ1n) is 5.01. The van der Waals surface area contributed by atoms with E-state index in [0.29, 0.717) is 24.6 Å². The van der Waals surface area contributed by atoms with E-state index >= 15 is 0 Å². The predicted molar refractivity (Wildman–Crippen MR) is 58.9 cm³/mol. The molecule has 0 aromatic carbocycles. The van der Waals surface area contributed by atoms with Crippen LogP contribution in [0.5, 0.6) is 0 Å². The van der Waals surface area contributed by atoms with Gasteiger partial charge in [-0.05, 0) is 25.1 Å². The fourth-order valence-corrected chi connectivity index (χ4v) is 1.43. The van der Waals surface area contributed by atoms with E-state index in [0.717, 1.165) is 5.69 Å². The van der Waals surface area contributed by atoms with Gasteiger partial charge in [-0.25, -0.2) is 4.68 Å². The number of nitrogens with two attached hydrogens (primary N) is 1. The van der Waals surface area contributed by atoms with Gasteiger partial charge in [0.05, 0.1) is 12.2 Å². The van der Waals surface area contributed by atoms with Crippen molar-refractivity contribution < 1.29 is 4.42 Å². The van der Waals surface area contributed by atoms with Gasteiger partial charge in [0.25, 0.3) is 5.56 Å². The number of hydrogen-bond acceptors (Lipinski definition) is 4. The summed E-state index contributed by atoms with van der Waals surface area (Å²) in [5, 5.41) is 4.12. The van der Waals surface area contributed by atoms with Crippen LogP contribution in [0.2, 0.25) is 0 Å². The second-order valence-corrected chi connectivity index (χ2v) is 3.54. The van der Waals surface area contributed by atoms with Crippen molar-refractivity contribution in [1.82, 2.24) is 9.78 Å². The summed E-state index contributed by atoms with van der Waals surface area (Å²) in [5.74, 6) is 1.39. The van der Waals surface area contributed by atoms with Crippen LogP contribution in [0.4, 0.5) is 0 Å². The van der Waals surface area contributed by atoms with Crippen molar-refractivity contribution in [1.29, 1.82) is 0 Å². The van der Waals surface area contributed by atoms with Crippen LogP contribution in [0.3, 0.4) is 0 Å². The van der Waals surface area contributed by atoms with E-state index in [4.69, 9.17) is 10.2 Å². The molecule has 2 N–H and O–H groups in total. The molecule has 16 heavy (non-hydrogen) atoms. The summed E-state index contributed by atoms with van der Waals surface area (Å²) in [6.07, 6.45) is 0. The van der Waals surface area contributed by atoms with Crippen LogP contribution in [0.1, 0.15) is 17.2 Å². The fourth-order valence-electron chi connectivity index (χ4n) is 1.43. The molecule has 2 heterocycles. The Kier molecular flexibility index (Phi) is 2.87. The van der Waals surface area contributed by atoms with Gasteiger partial charge in [-0.15, -0.1) is 0 Å². The largest absolute Gasteiger partial charge is 0.463 e. The molecular weight excluding hydrogens is 206 g/mol. The molecule has 5 nitrogen and oxygen atoms in total. The first-order valence-corrected chi connectivity index (χ1v) is 5.01. The first-order chi connectivity index (χ1) is 7.69. The van der Waals surface area contributed by atoms with E-state index in [1.165, 1.54) is 10.7 Å². The second kappa shape index (κ2) is 4.32. The third kappa shape index (κ3) is 2.20. The summed E-state index contributed by atoms with van der Waals surface area (Å²) in [5.41, 5.74) is 6.09. The van der Waals surface area contributed by atoms with Gasteiger partial charge in [-0.1, -0.05) is 0 Å². The summed E-state index contributed by atoms with van der Waals surface area (Å²) in [6, 6.07) is 6.79. The highest BCUT2D eigenvalue weighted by Gasteiger charge is 2.04. The highest BCUT2D eigenvalue weighted by Crippen LogP contribution is 2.07. The zero-order valence-corrected chi connectivity index (χ0v) is 9.01. The zero-order chi connectivity index (χ0) is 11.5. The third-order valence-electron chi connectivity index (χ3n) is 2.22. The average molecular weight is 219 g/mol. The molecular formula is C11H13N3O2. The standard InChI is InChI=1S/C11H13N3O2/c1-8-2-5-11(15)14(13-8)7-10-4-3-9(6-12)16-10/h2-5H,6-7,12H2,1H3. The van der Waals surface area contributed by atoms with Crippen LogP contribution in [-0.2, 0) is 13.1 Å². The summed E-state index contributed by atoms with van der Waals surface area (Å²) < 4.78 is 6.78. The molecule has 84 valence electrons. The molecule has 0 saturated heterocycles. The molecule has 2 aromatic rings. The summed E-state index contributed by atoms with van der Waals surface area (Å²) in [4.78, 5) is 11.5. The minimum Gasteiger partial charge on any atom is -0.463 e. The topological polar surface area (TPSA) is 74.0 Å². The normalized spacial score (nSPS) is 10.6. The van der Waals surface area contributed by atoms with Gasteiger partial charge >= 0.3 is 0 Å². The van der Waals surface area contributed by atoms with Gasteiger partial charge < -0.3 is 10.2 Å². The SMILES string of the molecule is Cc1ccc(=O)n(Cc2ccc(CN)o2)n1. The smallest absolute Gasteiger partial charge is 0.267 e. The summed E-state index contributed by atoms with van der Waals surface area (Å²) in [7, 11) is 0. The Morgan fingerprint density at radius 1 is 1.31 bits per heavy atom. The lowest BCUT2D eigenvalue weighted by atomic mass is 10.4. The van der Waals surface area contributed by atoms with Gasteiger partial charge in [-0.3, -0.25) is 4.79 Å². The number of aromatic nitrogens is 2. The first kappa shape index (κ1) is 10.6. The van der Waals surface area contributed by atoms with Gasteiger partial charge in [0.2, 0.25) is 0 Å². The van der Waals surface area contributed by atoms with Crippen molar-refractivity contribution in [3.8, 4) is 0 Å². The third-order valence-corrected chi connectivity index (χ3v) is 2.22. The van der Waals surface area contributed by atoms with Crippen LogP contribution in [0.15, 0.2) is 33.5 Å². The van der Waals surface area contributed by atoms with Crippen LogP contribution >= 0.6 is 0 Å². The molecule has 0 spiro atoms. The Hall–Kier alpha value is -1.88.